The molecule has 0 radical (unpaired) electrons. The first-order valence-corrected chi connectivity index (χ1v) is 8.81. The molecule has 0 bridgehead atoms. The van der Waals surface area contributed by atoms with Gasteiger partial charge in [0.25, 0.3) is 0 Å². The number of hydrogen-bond donors (Lipinski definition) is 0. The second-order valence-corrected chi connectivity index (χ2v) is 7.54. The number of rotatable bonds is 3. The highest BCUT2D eigenvalue weighted by Crippen LogP contribution is 2.57. The Bertz CT molecular complexity index is 802. The lowest BCUT2D eigenvalue weighted by molar-refractivity contribution is -0.231. The molecule has 5 rings (SSSR count). The van der Waals surface area contributed by atoms with Crippen LogP contribution in [0.4, 0.5) is 0 Å². The average Bonchev–Trinajstić information content (AvgIpc) is 3.39. The number of ether oxygens (including phenoxy) is 1. The van der Waals surface area contributed by atoms with E-state index in [1.807, 2.05) is 0 Å². The van der Waals surface area contributed by atoms with Crippen LogP contribution in [0.15, 0.2) is 59.7 Å². The fourth-order valence-corrected chi connectivity index (χ4v) is 4.27. The van der Waals surface area contributed by atoms with E-state index in [2.05, 4.69) is 72.7 Å². The minimum absolute atomic E-state index is 0.170. The van der Waals surface area contributed by atoms with Crippen molar-refractivity contribution in [2.24, 2.45) is 10.5 Å². The van der Waals surface area contributed by atoms with Gasteiger partial charge in [0.15, 0.2) is 0 Å². The van der Waals surface area contributed by atoms with Crippen molar-refractivity contribution in [2.75, 3.05) is 13.2 Å². The van der Waals surface area contributed by atoms with E-state index < -0.39 is 0 Å². The zero-order valence-corrected chi connectivity index (χ0v) is 14.0. The number of nitrogens with zero attached hydrogens (tertiary/aromatic N) is 2. The van der Waals surface area contributed by atoms with E-state index in [1.54, 1.807) is 0 Å². The fraction of sp³-hybridized carbons (Fsp3) is 0.381. The molecule has 0 amide bonds. The Kier molecular flexibility index (Phi) is 2.93. The van der Waals surface area contributed by atoms with Gasteiger partial charge in [-0.05, 0) is 29.5 Å². The maximum atomic E-state index is 6.19. The Morgan fingerprint density at radius 3 is 2.71 bits per heavy atom. The van der Waals surface area contributed by atoms with Gasteiger partial charge < -0.3 is 4.74 Å². The van der Waals surface area contributed by atoms with E-state index in [4.69, 9.17) is 9.84 Å². The molecular formula is C21H22N2O. The Morgan fingerprint density at radius 2 is 1.92 bits per heavy atom. The number of hydrogen-bond acceptors (Lipinski definition) is 3. The predicted octanol–water partition coefficient (Wildman–Crippen LogP) is 3.91. The summed E-state index contributed by atoms with van der Waals surface area (Å²) in [7, 11) is 0. The number of hydrazone groups is 1. The van der Waals surface area contributed by atoms with Gasteiger partial charge in [0.05, 0.1) is 25.4 Å². The lowest BCUT2D eigenvalue weighted by Crippen LogP contribution is -2.62. The zero-order chi connectivity index (χ0) is 16.2. The van der Waals surface area contributed by atoms with Crippen molar-refractivity contribution in [1.82, 2.24) is 5.01 Å². The van der Waals surface area contributed by atoms with E-state index in [0.717, 1.165) is 26.0 Å². The molecule has 2 aliphatic heterocycles. The van der Waals surface area contributed by atoms with Crippen LogP contribution in [0, 0.1) is 5.41 Å². The highest BCUT2D eigenvalue weighted by Gasteiger charge is 2.60. The minimum Gasteiger partial charge on any atom is -0.363 e. The van der Waals surface area contributed by atoms with Crippen LogP contribution in [0.1, 0.15) is 36.1 Å². The second kappa shape index (κ2) is 4.93. The number of fused-ring (bicyclic) bond motifs is 3. The van der Waals surface area contributed by atoms with Crippen LogP contribution in [0.5, 0.6) is 0 Å². The van der Waals surface area contributed by atoms with Crippen molar-refractivity contribution < 1.29 is 4.74 Å². The molecule has 1 aliphatic carbocycles. The first kappa shape index (κ1) is 14.2. The summed E-state index contributed by atoms with van der Waals surface area (Å²) in [6.45, 7) is 4.17. The summed E-state index contributed by atoms with van der Waals surface area (Å²) < 4.78 is 6.19. The average molecular weight is 318 g/mol. The summed E-state index contributed by atoms with van der Waals surface area (Å²) in [4.78, 5) is 0. The van der Waals surface area contributed by atoms with Gasteiger partial charge in [-0.25, -0.2) is 0 Å². The van der Waals surface area contributed by atoms with Crippen LogP contribution < -0.4 is 0 Å². The van der Waals surface area contributed by atoms with Gasteiger partial charge in [-0.2, -0.15) is 5.10 Å². The molecular weight excluding hydrogens is 296 g/mol. The largest absolute Gasteiger partial charge is 0.363 e. The van der Waals surface area contributed by atoms with Gasteiger partial charge in [-0.15, -0.1) is 0 Å². The molecule has 24 heavy (non-hydrogen) atoms. The fourth-order valence-electron chi connectivity index (χ4n) is 4.27. The Labute approximate surface area is 142 Å². The first-order valence-electron chi connectivity index (χ1n) is 8.81. The molecule has 2 heterocycles. The quantitative estimate of drug-likeness (QED) is 0.633. The smallest absolute Gasteiger partial charge is 0.138 e. The molecule has 2 aromatic rings. The van der Waals surface area contributed by atoms with Gasteiger partial charge in [0, 0.05) is 5.41 Å². The summed E-state index contributed by atoms with van der Waals surface area (Å²) in [6, 6.07) is 19.7. The molecule has 0 aromatic heterocycles. The molecule has 2 aromatic carbocycles. The first-order chi connectivity index (χ1) is 11.7. The number of benzene rings is 2. The molecule has 2 saturated heterocycles. The van der Waals surface area contributed by atoms with Crippen molar-refractivity contribution in [2.45, 2.75) is 31.4 Å². The highest BCUT2D eigenvalue weighted by molar-refractivity contribution is 5.76. The summed E-state index contributed by atoms with van der Waals surface area (Å²) in [5.74, 6) is 0. The Morgan fingerprint density at radius 1 is 1.12 bits per heavy atom. The van der Waals surface area contributed by atoms with Crippen LogP contribution in [-0.4, -0.2) is 24.4 Å². The molecule has 3 atom stereocenters. The second-order valence-electron chi connectivity index (χ2n) is 7.54. The van der Waals surface area contributed by atoms with Gasteiger partial charge in [0.2, 0.25) is 0 Å². The predicted molar refractivity (Wildman–Crippen MR) is 94.9 cm³/mol. The van der Waals surface area contributed by atoms with Gasteiger partial charge in [-0.1, -0.05) is 61.5 Å². The van der Waals surface area contributed by atoms with E-state index in [1.165, 1.54) is 16.7 Å². The lowest BCUT2D eigenvalue weighted by Gasteiger charge is -2.58. The third-order valence-corrected chi connectivity index (χ3v) is 6.04. The van der Waals surface area contributed by atoms with Crippen molar-refractivity contribution in [1.29, 1.82) is 0 Å². The number of aryl methyl sites for hydroxylation is 1. The third kappa shape index (κ3) is 1.91. The van der Waals surface area contributed by atoms with Crippen LogP contribution >= 0.6 is 0 Å². The normalized spacial score (nSPS) is 33.7. The standard InChI is InChI=1S/C21H22N2O/c1-20-12-11-16-7-5-6-10-18(16)21(20,24-15-20)14-22-23-13-19(23)17-8-3-2-4-9-17/h2-10,14,19H,11-13,15H2,1H3/b22-14-/t19?,20-,21-,23?/m0/s1. The van der Waals surface area contributed by atoms with Crippen LogP contribution in [0.2, 0.25) is 0 Å². The van der Waals surface area contributed by atoms with E-state index in [9.17, 15) is 0 Å². The van der Waals surface area contributed by atoms with Crippen molar-refractivity contribution in [3.05, 3.63) is 71.3 Å². The Balaban J connectivity index is 1.44. The van der Waals surface area contributed by atoms with Crippen molar-refractivity contribution in [3.8, 4) is 0 Å². The SMILES string of the molecule is C[C@@]12CCc3ccccc3[C@]1(/C=N\N1CC1c1ccccc1)OC2. The maximum absolute atomic E-state index is 6.19. The summed E-state index contributed by atoms with van der Waals surface area (Å²) in [5, 5.41) is 6.97. The molecule has 0 N–H and O–H groups in total. The third-order valence-electron chi connectivity index (χ3n) is 6.04. The minimum atomic E-state index is -0.342. The molecule has 1 unspecified atom stereocenters. The van der Waals surface area contributed by atoms with Gasteiger partial charge >= 0.3 is 0 Å². The van der Waals surface area contributed by atoms with E-state index in [-0.39, 0.29) is 11.0 Å². The molecule has 2 fully saturated rings. The van der Waals surface area contributed by atoms with Gasteiger partial charge in [-0.3, -0.25) is 5.01 Å². The molecule has 3 heteroatoms. The van der Waals surface area contributed by atoms with Crippen molar-refractivity contribution >= 4 is 6.21 Å². The van der Waals surface area contributed by atoms with E-state index in [0.29, 0.717) is 6.04 Å². The topological polar surface area (TPSA) is 24.6 Å². The lowest BCUT2D eigenvalue weighted by atomic mass is 9.59. The monoisotopic (exact) mass is 318 g/mol. The summed E-state index contributed by atoms with van der Waals surface area (Å²) in [6.07, 6.45) is 4.39. The molecule has 122 valence electrons. The van der Waals surface area contributed by atoms with Crippen molar-refractivity contribution in [3.63, 3.8) is 0 Å². The van der Waals surface area contributed by atoms with Gasteiger partial charge in [0.1, 0.15) is 5.60 Å². The van der Waals surface area contributed by atoms with E-state index >= 15 is 0 Å². The molecule has 0 saturated carbocycles. The van der Waals surface area contributed by atoms with Crippen LogP contribution in [0.25, 0.3) is 0 Å². The molecule has 3 aliphatic rings. The summed E-state index contributed by atoms with van der Waals surface area (Å²) >= 11 is 0. The van der Waals surface area contributed by atoms with Crippen LogP contribution in [-0.2, 0) is 16.8 Å². The maximum Gasteiger partial charge on any atom is 0.138 e. The summed E-state index contributed by atoms with van der Waals surface area (Å²) in [5.41, 5.74) is 3.89. The highest BCUT2D eigenvalue weighted by atomic mass is 16.5. The molecule has 0 spiro atoms. The van der Waals surface area contributed by atoms with Crippen LogP contribution in [0.3, 0.4) is 0 Å². The Hall–Kier alpha value is -2.13. The zero-order valence-electron chi connectivity index (χ0n) is 14.0. The molecule has 3 nitrogen and oxygen atoms in total.